The molecule has 1 saturated heterocycles. The van der Waals surface area contributed by atoms with Crippen molar-refractivity contribution in [3.63, 3.8) is 0 Å². The van der Waals surface area contributed by atoms with Gasteiger partial charge in [0.15, 0.2) is 0 Å². The van der Waals surface area contributed by atoms with Crippen LogP contribution in [0.3, 0.4) is 0 Å². The summed E-state index contributed by atoms with van der Waals surface area (Å²) in [6, 6.07) is 0. The minimum atomic E-state index is 0.360. The van der Waals surface area contributed by atoms with E-state index in [1.165, 1.54) is 0 Å². The van der Waals surface area contributed by atoms with Crippen LogP contribution in [0.5, 0.6) is 0 Å². The van der Waals surface area contributed by atoms with E-state index in [1.54, 1.807) is 7.11 Å². The van der Waals surface area contributed by atoms with Gasteiger partial charge >= 0.3 is 0 Å². The Bertz CT molecular complexity index is 395. The van der Waals surface area contributed by atoms with Crippen molar-refractivity contribution in [2.75, 3.05) is 26.1 Å². The second kappa shape index (κ2) is 5.92. The molecule has 1 fully saturated rings. The Morgan fingerprint density at radius 2 is 2.12 bits per heavy atom. The van der Waals surface area contributed by atoms with Crippen LogP contribution in [0.2, 0.25) is 0 Å². The highest BCUT2D eigenvalue weighted by Gasteiger charge is 2.21. The van der Waals surface area contributed by atoms with Gasteiger partial charge < -0.3 is 15.2 Å². The summed E-state index contributed by atoms with van der Waals surface area (Å²) in [4.78, 5) is 8.95. The third kappa shape index (κ3) is 3.05. The third-order valence-corrected chi connectivity index (χ3v) is 4.01. The number of hydrogen-bond donors (Lipinski definition) is 1. The highest BCUT2D eigenvalue weighted by molar-refractivity contribution is 14.1. The number of ether oxygens (including phenoxy) is 2. The molecule has 6 heteroatoms. The van der Waals surface area contributed by atoms with Crippen molar-refractivity contribution in [3.05, 3.63) is 15.1 Å². The lowest BCUT2D eigenvalue weighted by Gasteiger charge is -2.21. The summed E-state index contributed by atoms with van der Waals surface area (Å²) in [6.45, 7) is 2.03. The maximum Gasteiger partial charge on any atom is 0.141 e. The molecule has 5 nitrogen and oxygen atoms in total. The molecule has 1 aromatic heterocycles. The summed E-state index contributed by atoms with van der Waals surface area (Å²) in [5.41, 5.74) is 6.79. The lowest BCUT2D eigenvalue weighted by atomic mass is 9.99. The molecular weight excluding hydrogens is 333 g/mol. The summed E-state index contributed by atoms with van der Waals surface area (Å²) in [6.07, 6.45) is 1.93. The second-order valence-electron chi connectivity index (χ2n) is 4.05. The molecule has 94 valence electrons. The van der Waals surface area contributed by atoms with E-state index in [2.05, 4.69) is 32.6 Å². The van der Waals surface area contributed by atoms with E-state index < -0.39 is 0 Å². The van der Waals surface area contributed by atoms with E-state index in [1.807, 2.05) is 0 Å². The van der Waals surface area contributed by atoms with E-state index in [4.69, 9.17) is 15.2 Å². The van der Waals surface area contributed by atoms with Gasteiger partial charge in [-0.2, -0.15) is 0 Å². The van der Waals surface area contributed by atoms with E-state index in [9.17, 15) is 0 Å². The van der Waals surface area contributed by atoms with Gasteiger partial charge in [-0.15, -0.1) is 0 Å². The van der Waals surface area contributed by atoms with Crippen molar-refractivity contribution in [3.8, 4) is 0 Å². The zero-order valence-electron chi connectivity index (χ0n) is 9.78. The number of nitrogens with zero attached hydrogens (tertiary/aromatic N) is 2. The van der Waals surface area contributed by atoms with Crippen LogP contribution in [0.1, 0.15) is 30.3 Å². The van der Waals surface area contributed by atoms with Gasteiger partial charge in [0, 0.05) is 26.2 Å². The topological polar surface area (TPSA) is 70.3 Å². The molecule has 0 bridgehead atoms. The zero-order valence-corrected chi connectivity index (χ0v) is 11.9. The van der Waals surface area contributed by atoms with Crippen LogP contribution in [-0.4, -0.2) is 30.3 Å². The molecule has 0 saturated carbocycles. The number of hydrogen-bond acceptors (Lipinski definition) is 5. The summed E-state index contributed by atoms with van der Waals surface area (Å²) < 4.78 is 11.4. The van der Waals surface area contributed by atoms with E-state index >= 15 is 0 Å². The Balaban J connectivity index is 2.27. The number of methoxy groups -OCH3 is 1. The molecule has 1 aliphatic heterocycles. The van der Waals surface area contributed by atoms with Crippen LogP contribution in [0.15, 0.2) is 0 Å². The first-order chi connectivity index (χ1) is 8.22. The highest BCUT2D eigenvalue weighted by Crippen LogP contribution is 2.27. The molecule has 0 unspecified atom stereocenters. The lowest BCUT2D eigenvalue weighted by molar-refractivity contribution is 0.0834. The molecule has 2 heterocycles. The lowest BCUT2D eigenvalue weighted by Crippen LogP contribution is -2.18. The number of anilines is 1. The molecular formula is C11H16IN3O2. The van der Waals surface area contributed by atoms with Gasteiger partial charge in [-0.05, 0) is 35.4 Å². The summed E-state index contributed by atoms with van der Waals surface area (Å²) >= 11 is 2.16. The predicted octanol–water partition coefficient (Wildman–Crippen LogP) is 1.70. The number of nitrogen functional groups attached to an aromatic ring is 1. The number of nitrogens with two attached hydrogens (primary N) is 1. The van der Waals surface area contributed by atoms with Crippen LogP contribution < -0.4 is 5.73 Å². The van der Waals surface area contributed by atoms with Crippen molar-refractivity contribution >= 4 is 28.4 Å². The highest BCUT2D eigenvalue weighted by atomic mass is 127. The first kappa shape index (κ1) is 13.0. The maximum absolute atomic E-state index is 5.91. The molecule has 2 N–H and O–H groups in total. The van der Waals surface area contributed by atoms with Crippen molar-refractivity contribution in [1.82, 2.24) is 9.97 Å². The Morgan fingerprint density at radius 1 is 1.41 bits per heavy atom. The van der Waals surface area contributed by atoms with Crippen molar-refractivity contribution in [1.29, 1.82) is 0 Å². The average molecular weight is 349 g/mol. The zero-order chi connectivity index (χ0) is 12.3. The van der Waals surface area contributed by atoms with Crippen LogP contribution in [0, 0.1) is 3.57 Å². The first-order valence-electron chi connectivity index (χ1n) is 5.61. The number of halogens is 1. The Hall–Kier alpha value is -0.470. The van der Waals surface area contributed by atoms with Gasteiger partial charge in [-0.1, -0.05) is 0 Å². The van der Waals surface area contributed by atoms with Gasteiger partial charge in [0.2, 0.25) is 0 Å². The van der Waals surface area contributed by atoms with Crippen LogP contribution in [0.4, 0.5) is 5.82 Å². The van der Waals surface area contributed by atoms with E-state index in [0.717, 1.165) is 41.1 Å². The number of rotatable bonds is 3. The molecule has 0 radical (unpaired) electrons. The average Bonchev–Trinajstić information content (AvgIpc) is 2.36. The molecule has 0 spiro atoms. The summed E-state index contributed by atoms with van der Waals surface area (Å²) in [5.74, 6) is 1.74. The Labute approximate surface area is 114 Å². The molecule has 0 amide bonds. The Morgan fingerprint density at radius 3 is 2.76 bits per heavy atom. The van der Waals surface area contributed by atoms with Gasteiger partial charge in [0.05, 0.1) is 15.9 Å². The molecule has 0 aromatic carbocycles. The maximum atomic E-state index is 5.91. The monoisotopic (exact) mass is 349 g/mol. The molecule has 17 heavy (non-hydrogen) atoms. The van der Waals surface area contributed by atoms with Crippen molar-refractivity contribution in [2.24, 2.45) is 0 Å². The Kier molecular flexibility index (Phi) is 4.52. The molecule has 2 rings (SSSR count). The minimum absolute atomic E-state index is 0.360. The van der Waals surface area contributed by atoms with Crippen LogP contribution >= 0.6 is 22.6 Å². The van der Waals surface area contributed by atoms with Crippen molar-refractivity contribution in [2.45, 2.75) is 25.4 Å². The van der Waals surface area contributed by atoms with Crippen LogP contribution in [0.25, 0.3) is 0 Å². The van der Waals surface area contributed by atoms with E-state index in [0.29, 0.717) is 18.3 Å². The fraction of sp³-hybridized carbons (Fsp3) is 0.636. The largest absolute Gasteiger partial charge is 0.383 e. The predicted molar refractivity (Wildman–Crippen MR) is 72.7 cm³/mol. The minimum Gasteiger partial charge on any atom is -0.383 e. The van der Waals surface area contributed by atoms with Gasteiger partial charge in [-0.3, -0.25) is 0 Å². The SMILES string of the molecule is COCc1nc(C2CCOCC2)nc(N)c1I. The standard InChI is InChI=1S/C11H16IN3O2/c1-16-6-8-9(12)10(13)15-11(14-8)7-2-4-17-5-3-7/h7H,2-6H2,1H3,(H2,13,14,15). The quantitative estimate of drug-likeness (QED) is 0.842. The fourth-order valence-electron chi connectivity index (χ4n) is 1.90. The summed E-state index contributed by atoms with van der Waals surface area (Å²) in [5, 5.41) is 0. The smallest absolute Gasteiger partial charge is 0.141 e. The van der Waals surface area contributed by atoms with Gasteiger partial charge in [0.1, 0.15) is 11.6 Å². The summed E-state index contributed by atoms with van der Waals surface area (Å²) in [7, 11) is 1.66. The molecule has 1 aliphatic rings. The van der Waals surface area contributed by atoms with Gasteiger partial charge in [0.25, 0.3) is 0 Å². The first-order valence-corrected chi connectivity index (χ1v) is 6.68. The fourth-order valence-corrected chi connectivity index (χ4v) is 2.30. The molecule has 1 aromatic rings. The second-order valence-corrected chi connectivity index (χ2v) is 5.13. The van der Waals surface area contributed by atoms with Crippen molar-refractivity contribution < 1.29 is 9.47 Å². The van der Waals surface area contributed by atoms with Gasteiger partial charge in [-0.25, -0.2) is 9.97 Å². The molecule has 0 atom stereocenters. The van der Waals surface area contributed by atoms with Crippen LogP contribution in [-0.2, 0) is 16.1 Å². The van der Waals surface area contributed by atoms with E-state index in [-0.39, 0.29) is 0 Å². The molecule has 0 aliphatic carbocycles. The third-order valence-electron chi connectivity index (χ3n) is 2.83. The normalized spacial score (nSPS) is 17.3. The number of aromatic nitrogens is 2.